The van der Waals surface area contributed by atoms with Crippen molar-refractivity contribution in [3.63, 3.8) is 0 Å². The van der Waals surface area contributed by atoms with E-state index in [0.717, 1.165) is 6.42 Å². The van der Waals surface area contributed by atoms with E-state index in [1.165, 1.54) is 6.92 Å². The van der Waals surface area contributed by atoms with Crippen molar-refractivity contribution in [1.82, 2.24) is 5.32 Å². The maximum absolute atomic E-state index is 11.3. The number of carbonyl (C=O) groups excluding carboxylic acids is 4. The van der Waals surface area contributed by atoms with Crippen molar-refractivity contribution in [3.05, 3.63) is 12.2 Å². The fourth-order valence-corrected chi connectivity index (χ4v) is 1.56. The van der Waals surface area contributed by atoms with Crippen molar-refractivity contribution in [3.8, 4) is 6.07 Å². The minimum absolute atomic E-state index is 0.0151. The first-order valence-corrected chi connectivity index (χ1v) is 10.5. The van der Waals surface area contributed by atoms with Crippen LogP contribution in [0.1, 0.15) is 53.9 Å². The van der Waals surface area contributed by atoms with Gasteiger partial charge in [-0.3, -0.25) is 9.59 Å². The lowest BCUT2D eigenvalue weighted by Crippen LogP contribution is -2.30. The Hall–Kier alpha value is -3.09. The van der Waals surface area contributed by atoms with Crippen LogP contribution in [0.5, 0.6) is 0 Å². The third-order valence-electron chi connectivity index (χ3n) is 4.00. The van der Waals surface area contributed by atoms with Crippen LogP contribution in [-0.2, 0) is 33.3 Å². The highest BCUT2D eigenvalue weighted by Gasteiger charge is 2.12. The van der Waals surface area contributed by atoms with Crippen molar-refractivity contribution in [2.75, 3.05) is 33.0 Å². The van der Waals surface area contributed by atoms with Crippen LogP contribution in [0, 0.1) is 23.2 Å². The summed E-state index contributed by atoms with van der Waals surface area (Å²) < 4.78 is 19.2. The molecule has 1 amide bonds. The van der Waals surface area contributed by atoms with Crippen LogP contribution in [0.3, 0.4) is 0 Å². The molecule has 0 aliphatic carbocycles. The molecule has 0 heterocycles. The number of nitrogens with zero attached hydrogens (tertiary/aromatic N) is 1. The van der Waals surface area contributed by atoms with Gasteiger partial charge in [-0.15, -0.1) is 0 Å². The van der Waals surface area contributed by atoms with E-state index < -0.39 is 12.1 Å². The molecule has 0 rings (SSSR count). The topological polar surface area (TPSA) is 141 Å². The molecule has 0 aliphatic rings. The van der Waals surface area contributed by atoms with Gasteiger partial charge in [0.15, 0.2) is 0 Å². The van der Waals surface area contributed by atoms with Gasteiger partial charge >= 0.3 is 24.0 Å². The number of amides is 1. The summed E-state index contributed by atoms with van der Waals surface area (Å²) in [6.07, 6.45) is 1.09. The Morgan fingerprint density at radius 1 is 0.875 bits per heavy atom. The summed E-state index contributed by atoms with van der Waals surface area (Å²) in [5, 5.41) is 10.5. The monoisotopic (exact) mass is 456 g/mol. The zero-order valence-electron chi connectivity index (χ0n) is 19.7. The molecule has 0 spiro atoms. The summed E-state index contributed by atoms with van der Waals surface area (Å²) in [5.41, 5.74) is 0.292. The fourth-order valence-electron chi connectivity index (χ4n) is 1.56. The fraction of sp³-hybridized carbons (Fsp3) is 0.682. The molecule has 10 nitrogen and oxygen atoms in total. The molecule has 0 aromatic carbocycles. The van der Waals surface area contributed by atoms with E-state index in [2.05, 4.69) is 11.9 Å². The molecule has 0 radical (unpaired) electrons. The number of nitriles is 1. The van der Waals surface area contributed by atoms with Gasteiger partial charge in [-0.05, 0) is 19.8 Å². The number of carbonyl (C=O) groups is 4. The number of esters is 3. The van der Waals surface area contributed by atoms with Crippen LogP contribution in [-0.4, -0.2) is 57.0 Å². The van der Waals surface area contributed by atoms with Crippen molar-refractivity contribution in [2.24, 2.45) is 11.8 Å². The van der Waals surface area contributed by atoms with Gasteiger partial charge < -0.3 is 24.3 Å². The van der Waals surface area contributed by atoms with Gasteiger partial charge in [0.05, 0.1) is 30.9 Å². The van der Waals surface area contributed by atoms with E-state index in [0.29, 0.717) is 12.0 Å². The summed E-state index contributed by atoms with van der Waals surface area (Å²) in [4.78, 5) is 44.5. The molecular formula is C22H36N2O8. The lowest BCUT2D eigenvalue weighted by Gasteiger charge is -2.10. The van der Waals surface area contributed by atoms with Crippen molar-refractivity contribution in [1.29, 1.82) is 5.26 Å². The standard InChI is InChI=1S/C14H23NO6.C8H13NO2/c1-5-11(4)13(17)20-8-9-21-14(18)15-6-7-19-12(16)10(2)3;1-3-7(2)8(10)11-6-4-5-9/h11H,2,5-9H2,1,3-4H3,(H,15,18);7H,3-4,6H2,1-2H3. The van der Waals surface area contributed by atoms with E-state index in [4.69, 9.17) is 24.2 Å². The normalized spacial score (nSPS) is 11.4. The van der Waals surface area contributed by atoms with Crippen LogP contribution in [0.15, 0.2) is 12.2 Å². The summed E-state index contributed by atoms with van der Waals surface area (Å²) >= 11 is 0. The number of hydrogen-bond acceptors (Lipinski definition) is 9. The number of nitrogens with one attached hydrogen (secondary N) is 1. The molecule has 2 atom stereocenters. The molecule has 10 heteroatoms. The first-order chi connectivity index (χ1) is 15.1. The molecule has 0 aliphatic heterocycles. The van der Waals surface area contributed by atoms with Crippen LogP contribution < -0.4 is 5.32 Å². The summed E-state index contributed by atoms with van der Waals surface area (Å²) in [6.45, 7) is 12.7. The maximum Gasteiger partial charge on any atom is 0.407 e. The first-order valence-electron chi connectivity index (χ1n) is 10.5. The van der Waals surface area contributed by atoms with Crippen molar-refractivity contribution in [2.45, 2.75) is 53.9 Å². The smallest absolute Gasteiger partial charge is 0.407 e. The van der Waals surface area contributed by atoms with Gasteiger partial charge in [-0.2, -0.15) is 5.26 Å². The highest BCUT2D eigenvalue weighted by Crippen LogP contribution is 2.03. The van der Waals surface area contributed by atoms with Crippen LogP contribution in [0.25, 0.3) is 0 Å². The number of rotatable bonds is 13. The molecule has 182 valence electrons. The molecule has 32 heavy (non-hydrogen) atoms. The Morgan fingerprint density at radius 2 is 1.38 bits per heavy atom. The second-order valence-corrected chi connectivity index (χ2v) is 6.84. The van der Waals surface area contributed by atoms with Gasteiger partial charge in [-0.25, -0.2) is 9.59 Å². The molecule has 0 aromatic heterocycles. The summed E-state index contributed by atoms with van der Waals surface area (Å²) in [5.74, 6) is -1.24. The molecule has 2 unspecified atom stereocenters. The quantitative estimate of drug-likeness (QED) is 0.192. The molecule has 0 bridgehead atoms. The highest BCUT2D eigenvalue weighted by molar-refractivity contribution is 5.86. The average Bonchev–Trinajstić information content (AvgIpc) is 2.78. The number of ether oxygens (including phenoxy) is 4. The average molecular weight is 457 g/mol. The van der Waals surface area contributed by atoms with E-state index in [1.807, 2.05) is 26.8 Å². The second-order valence-electron chi connectivity index (χ2n) is 6.84. The highest BCUT2D eigenvalue weighted by atomic mass is 16.6. The predicted octanol–water partition coefficient (Wildman–Crippen LogP) is 2.91. The van der Waals surface area contributed by atoms with E-state index in [-0.39, 0.29) is 63.2 Å². The Kier molecular flexibility index (Phi) is 19.3. The van der Waals surface area contributed by atoms with Gasteiger partial charge in [-0.1, -0.05) is 34.3 Å². The Balaban J connectivity index is 0. The summed E-state index contributed by atoms with van der Waals surface area (Å²) in [7, 11) is 0. The molecule has 0 saturated heterocycles. The zero-order valence-corrected chi connectivity index (χ0v) is 19.7. The van der Waals surface area contributed by atoms with E-state index in [9.17, 15) is 19.2 Å². The lowest BCUT2D eigenvalue weighted by atomic mass is 10.1. The van der Waals surface area contributed by atoms with Gasteiger partial charge in [0, 0.05) is 5.57 Å². The van der Waals surface area contributed by atoms with Crippen molar-refractivity contribution < 1.29 is 38.1 Å². The number of hydrogen-bond donors (Lipinski definition) is 1. The first kappa shape index (κ1) is 31.1. The summed E-state index contributed by atoms with van der Waals surface area (Å²) in [6, 6.07) is 1.90. The second kappa shape index (κ2) is 19.8. The van der Waals surface area contributed by atoms with Crippen LogP contribution >= 0.6 is 0 Å². The molecular weight excluding hydrogens is 420 g/mol. The Morgan fingerprint density at radius 3 is 1.84 bits per heavy atom. The lowest BCUT2D eigenvalue weighted by molar-refractivity contribution is -0.149. The molecule has 0 fully saturated rings. The van der Waals surface area contributed by atoms with Gasteiger partial charge in [0.25, 0.3) is 0 Å². The van der Waals surface area contributed by atoms with Crippen molar-refractivity contribution >= 4 is 24.0 Å². The minimum atomic E-state index is -0.666. The van der Waals surface area contributed by atoms with Gasteiger partial charge in [0.2, 0.25) is 0 Å². The van der Waals surface area contributed by atoms with Crippen LogP contribution in [0.4, 0.5) is 4.79 Å². The molecule has 0 aromatic rings. The van der Waals surface area contributed by atoms with E-state index in [1.54, 1.807) is 6.92 Å². The Bertz CT molecular complexity index is 642. The molecule has 0 saturated carbocycles. The zero-order chi connectivity index (χ0) is 24.9. The molecule has 1 N–H and O–H groups in total. The third kappa shape index (κ3) is 17.7. The maximum atomic E-state index is 11.3. The third-order valence-corrected chi connectivity index (χ3v) is 4.00. The predicted molar refractivity (Wildman–Crippen MR) is 116 cm³/mol. The Labute approximate surface area is 190 Å². The van der Waals surface area contributed by atoms with Crippen LogP contribution in [0.2, 0.25) is 0 Å². The van der Waals surface area contributed by atoms with E-state index >= 15 is 0 Å². The SMILES string of the molecule is C=C(C)C(=O)OCCNC(=O)OCCOC(=O)C(C)CC.CCC(C)C(=O)OCCC#N. The minimum Gasteiger partial charge on any atom is -0.464 e. The van der Waals surface area contributed by atoms with Gasteiger partial charge in [0.1, 0.15) is 26.4 Å². The number of alkyl carbamates (subject to hydrolysis) is 1. The largest absolute Gasteiger partial charge is 0.464 e.